The molecule has 0 aliphatic heterocycles. The number of hydrogen-bond donors (Lipinski definition) is 0. The molecule has 0 saturated carbocycles. The lowest BCUT2D eigenvalue weighted by Crippen LogP contribution is -2.33. The average molecular weight is 293 g/mol. The van der Waals surface area contributed by atoms with Crippen molar-refractivity contribution in [1.82, 2.24) is 4.90 Å². The minimum absolute atomic E-state index is 0.247. The van der Waals surface area contributed by atoms with Gasteiger partial charge in [0, 0.05) is 23.7 Å². The standard InChI is InChI=1S/C16H23NO2S/c1-3-4-5-9-12-17(16(18)19-2)13-14-20-15-10-7-6-8-11-15/h4-8,10-11H,3,9,12-14H2,1-2H3/b5-4+. The summed E-state index contributed by atoms with van der Waals surface area (Å²) in [5.74, 6) is 0.872. The Bertz CT molecular complexity index is 406. The molecule has 110 valence electrons. The first-order chi connectivity index (χ1) is 9.77. The van der Waals surface area contributed by atoms with Crippen LogP contribution >= 0.6 is 11.8 Å². The van der Waals surface area contributed by atoms with Crippen molar-refractivity contribution in [1.29, 1.82) is 0 Å². The van der Waals surface area contributed by atoms with Crippen molar-refractivity contribution in [2.24, 2.45) is 0 Å². The van der Waals surface area contributed by atoms with Gasteiger partial charge < -0.3 is 9.64 Å². The van der Waals surface area contributed by atoms with Crippen LogP contribution in [0.15, 0.2) is 47.4 Å². The molecule has 0 spiro atoms. The molecule has 0 unspecified atom stereocenters. The van der Waals surface area contributed by atoms with Crippen LogP contribution in [0.5, 0.6) is 0 Å². The van der Waals surface area contributed by atoms with E-state index in [4.69, 9.17) is 4.74 Å². The number of ether oxygens (including phenoxy) is 1. The van der Waals surface area contributed by atoms with Gasteiger partial charge >= 0.3 is 6.09 Å². The summed E-state index contributed by atoms with van der Waals surface area (Å²) in [6, 6.07) is 10.2. The Labute approximate surface area is 126 Å². The molecule has 1 amide bonds. The highest BCUT2D eigenvalue weighted by atomic mass is 32.2. The minimum atomic E-state index is -0.247. The zero-order valence-electron chi connectivity index (χ0n) is 12.2. The van der Waals surface area contributed by atoms with Crippen LogP contribution in [-0.2, 0) is 4.74 Å². The number of nitrogens with zero attached hydrogens (tertiary/aromatic N) is 1. The minimum Gasteiger partial charge on any atom is -0.453 e. The fourth-order valence-corrected chi connectivity index (χ4v) is 2.63. The van der Waals surface area contributed by atoms with Crippen LogP contribution in [0.4, 0.5) is 4.79 Å². The molecule has 0 bridgehead atoms. The molecule has 0 aromatic heterocycles. The van der Waals surface area contributed by atoms with Gasteiger partial charge in [-0.25, -0.2) is 4.79 Å². The van der Waals surface area contributed by atoms with Gasteiger partial charge in [0.1, 0.15) is 0 Å². The molecule has 20 heavy (non-hydrogen) atoms. The molecule has 0 fully saturated rings. The molecule has 0 atom stereocenters. The van der Waals surface area contributed by atoms with Gasteiger partial charge in [0.25, 0.3) is 0 Å². The van der Waals surface area contributed by atoms with E-state index in [1.165, 1.54) is 12.0 Å². The maximum absolute atomic E-state index is 11.7. The third-order valence-corrected chi connectivity index (χ3v) is 3.77. The van der Waals surface area contributed by atoms with E-state index in [0.717, 1.165) is 18.6 Å². The second kappa shape index (κ2) is 10.4. The molecular weight excluding hydrogens is 270 g/mol. The van der Waals surface area contributed by atoms with Gasteiger partial charge in [0.15, 0.2) is 0 Å². The molecule has 1 rings (SSSR count). The van der Waals surface area contributed by atoms with E-state index >= 15 is 0 Å². The van der Waals surface area contributed by atoms with Crippen LogP contribution in [-0.4, -0.2) is 36.9 Å². The van der Waals surface area contributed by atoms with Gasteiger partial charge in [-0.2, -0.15) is 0 Å². The number of methoxy groups -OCH3 is 1. The van der Waals surface area contributed by atoms with Crippen LogP contribution in [0, 0.1) is 0 Å². The van der Waals surface area contributed by atoms with Crippen LogP contribution in [0.2, 0.25) is 0 Å². The summed E-state index contributed by atoms with van der Waals surface area (Å²) in [6.07, 6.45) is 5.89. The Hall–Kier alpha value is -1.42. The maximum atomic E-state index is 11.7. The van der Waals surface area contributed by atoms with E-state index in [1.807, 2.05) is 18.2 Å². The van der Waals surface area contributed by atoms with E-state index in [1.54, 1.807) is 16.7 Å². The molecule has 1 aromatic rings. The normalized spacial score (nSPS) is 10.7. The Morgan fingerprint density at radius 2 is 2.00 bits per heavy atom. The predicted molar refractivity (Wildman–Crippen MR) is 85.2 cm³/mol. The van der Waals surface area contributed by atoms with Gasteiger partial charge in [-0.05, 0) is 25.0 Å². The molecule has 4 heteroatoms. The summed E-state index contributed by atoms with van der Waals surface area (Å²) in [6.45, 7) is 3.51. The smallest absolute Gasteiger partial charge is 0.409 e. The van der Waals surface area contributed by atoms with Crippen molar-refractivity contribution in [3.8, 4) is 0 Å². The summed E-state index contributed by atoms with van der Waals surface area (Å²) in [5, 5.41) is 0. The van der Waals surface area contributed by atoms with E-state index in [-0.39, 0.29) is 6.09 Å². The lowest BCUT2D eigenvalue weighted by atomic mass is 10.3. The number of carbonyl (C=O) groups is 1. The van der Waals surface area contributed by atoms with Gasteiger partial charge in [0.2, 0.25) is 0 Å². The lowest BCUT2D eigenvalue weighted by Gasteiger charge is -2.20. The average Bonchev–Trinajstić information content (AvgIpc) is 2.50. The number of thioether (sulfide) groups is 1. The number of allylic oxidation sites excluding steroid dienone is 1. The lowest BCUT2D eigenvalue weighted by molar-refractivity contribution is 0.127. The molecule has 0 N–H and O–H groups in total. The molecule has 0 radical (unpaired) electrons. The van der Waals surface area contributed by atoms with Crippen LogP contribution in [0.3, 0.4) is 0 Å². The number of benzene rings is 1. The van der Waals surface area contributed by atoms with Crippen LogP contribution in [0.25, 0.3) is 0 Å². The highest BCUT2D eigenvalue weighted by molar-refractivity contribution is 7.99. The van der Waals surface area contributed by atoms with Crippen LogP contribution < -0.4 is 0 Å². The molecule has 0 aliphatic carbocycles. The summed E-state index contributed by atoms with van der Waals surface area (Å²) < 4.78 is 4.83. The molecule has 1 aromatic carbocycles. The predicted octanol–water partition coefficient (Wildman–Crippen LogP) is 4.20. The largest absolute Gasteiger partial charge is 0.453 e. The van der Waals surface area contributed by atoms with Crippen molar-refractivity contribution >= 4 is 17.9 Å². The van der Waals surface area contributed by atoms with Crippen LogP contribution in [0.1, 0.15) is 19.8 Å². The number of hydrogen-bond acceptors (Lipinski definition) is 3. The summed E-state index contributed by atoms with van der Waals surface area (Å²) >= 11 is 1.75. The van der Waals surface area contributed by atoms with Crippen molar-refractivity contribution in [3.05, 3.63) is 42.5 Å². The van der Waals surface area contributed by atoms with Gasteiger partial charge in [-0.3, -0.25) is 0 Å². The Kier molecular flexibility index (Phi) is 8.63. The highest BCUT2D eigenvalue weighted by Crippen LogP contribution is 2.17. The van der Waals surface area contributed by atoms with E-state index in [9.17, 15) is 4.79 Å². The van der Waals surface area contributed by atoms with Gasteiger partial charge in [0.05, 0.1) is 7.11 Å². The topological polar surface area (TPSA) is 29.5 Å². The Balaban J connectivity index is 2.36. The van der Waals surface area contributed by atoms with Crippen molar-refractivity contribution in [3.63, 3.8) is 0 Å². The quantitative estimate of drug-likeness (QED) is 0.531. The van der Waals surface area contributed by atoms with Gasteiger partial charge in [-0.1, -0.05) is 37.3 Å². The zero-order chi connectivity index (χ0) is 14.6. The molecule has 0 aliphatic rings. The first-order valence-electron chi connectivity index (χ1n) is 6.93. The van der Waals surface area contributed by atoms with E-state index in [0.29, 0.717) is 13.1 Å². The second-order valence-electron chi connectivity index (χ2n) is 4.29. The Morgan fingerprint density at radius 3 is 2.65 bits per heavy atom. The summed E-state index contributed by atoms with van der Waals surface area (Å²) in [4.78, 5) is 14.7. The fraction of sp³-hybridized carbons (Fsp3) is 0.438. The van der Waals surface area contributed by atoms with Gasteiger partial charge in [-0.15, -0.1) is 11.8 Å². The number of rotatable bonds is 8. The summed E-state index contributed by atoms with van der Waals surface area (Å²) in [7, 11) is 1.43. The number of carbonyl (C=O) groups excluding carboxylic acids is 1. The molecule has 0 heterocycles. The highest BCUT2D eigenvalue weighted by Gasteiger charge is 2.12. The third-order valence-electron chi connectivity index (χ3n) is 2.77. The fourth-order valence-electron chi connectivity index (χ4n) is 1.73. The number of amides is 1. The SMILES string of the molecule is CC/C=C/CCN(CCSc1ccccc1)C(=O)OC. The molecule has 3 nitrogen and oxygen atoms in total. The van der Waals surface area contributed by atoms with Crippen molar-refractivity contribution in [2.45, 2.75) is 24.7 Å². The first-order valence-corrected chi connectivity index (χ1v) is 7.92. The van der Waals surface area contributed by atoms with E-state index < -0.39 is 0 Å². The first kappa shape index (κ1) is 16.6. The zero-order valence-corrected chi connectivity index (χ0v) is 13.1. The van der Waals surface area contributed by atoms with E-state index in [2.05, 4.69) is 31.2 Å². The molecule has 0 saturated heterocycles. The second-order valence-corrected chi connectivity index (χ2v) is 5.46. The molecular formula is C16H23NO2S. The monoisotopic (exact) mass is 293 g/mol. The summed E-state index contributed by atoms with van der Waals surface area (Å²) in [5.41, 5.74) is 0. The van der Waals surface area contributed by atoms with Crippen molar-refractivity contribution < 1.29 is 9.53 Å². The Morgan fingerprint density at radius 1 is 1.25 bits per heavy atom. The van der Waals surface area contributed by atoms with Crippen molar-refractivity contribution in [2.75, 3.05) is 26.0 Å². The third kappa shape index (κ3) is 6.66. The maximum Gasteiger partial charge on any atom is 0.409 e.